The second-order valence-corrected chi connectivity index (χ2v) is 6.75. The molecule has 5 nitrogen and oxygen atoms in total. The molecule has 0 aromatic heterocycles. The number of ether oxygens (including phenoxy) is 1. The van der Waals surface area contributed by atoms with Gasteiger partial charge in [0.05, 0.1) is 24.2 Å². The number of methoxy groups -OCH3 is 1. The van der Waals surface area contributed by atoms with Gasteiger partial charge in [-0.2, -0.15) is 0 Å². The zero-order valence-electron chi connectivity index (χ0n) is 11.4. The summed E-state index contributed by atoms with van der Waals surface area (Å²) >= 11 is 0. The van der Waals surface area contributed by atoms with Crippen molar-refractivity contribution >= 4 is 10.0 Å². The molecule has 1 aliphatic carbocycles. The highest BCUT2D eigenvalue weighted by Crippen LogP contribution is 2.37. The summed E-state index contributed by atoms with van der Waals surface area (Å²) in [6.45, 7) is 3.31. The number of hydrogen-bond donors (Lipinski definition) is 2. The molecular weight excluding hydrogens is 266 g/mol. The predicted molar refractivity (Wildman–Crippen MR) is 71.8 cm³/mol. The summed E-state index contributed by atoms with van der Waals surface area (Å²) in [6, 6.07) is 3.39. The van der Waals surface area contributed by atoms with Crippen LogP contribution in [0.15, 0.2) is 17.0 Å². The van der Waals surface area contributed by atoms with Gasteiger partial charge in [0.1, 0.15) is 5.75 Å². The molecule has 0 unspecified atom stereocenters. The van der Waals surface area contributed by atoms with Gasteiger partial charge in [-0.3, -0.25) is 0 Å². The summed E-state index contributed by atoms with van der Waals surface area (Å²) in [6.07, 6.45) is 1.36. The van der Waals surface area contributed by atoms with Gasteiger partial charge in [-0.15, -0.1) is 0 Å². The van der Waals surface area contributed by atoms with E-state index in [1.807, 2.05) is 0 Å². The fraction of sp³-hybridized carbons (Fsp3) is 0.538. The lowest BCUT2D eigenvalue weighted by Crippen LogP contribution is -2.40. The highest BCUT2D eigenvalue weighted by Gasteiger charge is 2.46. The van der Waals surface area contributed by atoms with Crippen molar-refractivity contribution in [1.82, 2.24) is 4.72 Å². The second-order valence-electron chi connectivity index (χ2n) is 5.13. The summed E-state index contributed by atoms with van der Waals surface area (Å²) in [5.74, 6) is 0.636. The van der Waals surface area contributed by atoms with Crippen LogP contribution in [-0.2, 0) is 10.0 Å². The van der Waals surface area contributed by atoms with Crippen molar-refractivity contribution in [1.29, 1.82) is 0 Å². The Labute approximate surface area is 113 Å². The van der Waals surface area contributed by atoms with Gasteiger partial charge in [-0.05, 0) is 49.9 Å². The van der Waals surface area contributed by atoms with E-state index in [9.17, 15) is 13.5 Å². The molecule has 1 aromatic carbocycles. The highest BCUT2D eigenvalue weighted by atomic mass is 32.2. The molecule has 2 N–H and O–H groups in total. The fourth-order valence-electron chi connectivity index (χ4n) is 2.23. The molecule has 0 aliphatic heterocycles. The largest absolute Gasteiger partial charge is 0.497 e. The van der Waals surface area contributed by atoms with Crippen LogP contribution in [0.2, 0.25) is 0 Å². The Morgan fingerprint density at radius 3 is 2.21 bits per heavy atom. The Kier molecular flexibility index (Phi) is 3.59. The van der Waals surface area contributed by atoms with Crippen LogP contribution < -0.4 is 9.46 Å². The lowest BCUT2D eigenvalue weighted by molar-refractivity contribution is 0.246. The molecule has 1 aromatic rings. The minimum Gasteiger partial charge on any atom is -0.497 e. The molecule has 0 bridgehead atoms. The summed E-state index contributed by atoms with van der Waals surface area (Å²) in [7, 11) is -2.07. The molecule has 0 radical (unpaired) electrons. The molecule has 19 heavy (non-hydrogen) atoms. The average molecular weight is 285 g/mol. The van der Waals surface area contributed by atoms with Crippen LogP contribution in [0.4, 0.5) is 0 Å². The van der Waals surface area contributed by atoms with Gasteiger partial charge >= 0.3 is 0 Å². The zero-order valence-corrected chi connectivity index (χ0v) is 12.2. The number of aliphatic hydroxyl groups excluding tert-OH is 1. The molecule has 1 fully saturated rings. The summed E-state index contributed by atoms with van der Waals surface area (Å²) < 4.78 is 32.6. The smallest absolute Gasteiger partial charge is 0.241 e. The van der Waals surface area contributed by atoms with Gasteiger partial charge in [0.2, 0.25) is 10.0 Å². The normalized spacial score (nSPS) is 17.3. The van der Waals surface area contributed by atoms with Crippen LogP contribution in [-0.4, -0.2) is 32.8 Å². The summed E-state index contributed by atoms with van der Waals surface area (Å²) in [4.78, 5) is 0.271. The van der Waals surface area contributed by atoms with Crippen LogP contribution in [0.5, 0.6) is 5.75 Å². The fourth-order valence-corrected chi connectivity index (χ4v) is 4.14. The molecule has 1 aliphatic rings. The molecule has 106 valence electrons. The van der Waals surface area contributed by atoms with E-state index in [0.717, 1.165) is 0 Å². The third-order valence-electron chi connectivity index (χ3n) is 3.45. The second kappa shape index (κ2) is 4.77. The van der Waals surface area contributed by atoms with E-state index >= 15 is 0 Å². The SMILES string of the molecule is COc1cc(C)c(S(=O)(=O)NC2(CO)CC2)c(C)c1. The van der Waals surface area contributed by atoms with E-state index < -0.39 is 15.6 Å². The lowest BCUT2D eigenvalue weighted by atomic mass is 10.1. The van der Waals surface area contributed by atoms with E-state index in [1.165, 1.54) is 0 Å². The number of rotatable bonds is 5. The molecule has 1 saturated carbocycles. The first-order valence-electron chi connectivity index (χ1n) is 6.14. The van der Waals surface area contributed by atoms with E-state index in [4.69, 9.17) is 4.74 Å². The number of aliphatic hydroxyl groups is 1. The maximum atomic E-state index is 12.4. The Morgan fingerprint density at radius 1 is 1.32 bits per heavy atom. The van der Waals surface area contributed by atoms with Gasteiger partial charge in [0.25, 0.3) is 0 Å². The monoisotopic (exact) mass is 285 g/mol. The quantitative estimate of drug-likeness (QED) is 0.850. The number of sulfonamides is 1. The summed E-state index contributed by atoms with van der Waals surface area (Å²) in [5.41, 5.74) is 0.619. The van der Waals surface area contributed by atoms with Crippen LogP contribution in [0, 0.1) is 13.8 Å². The molecule has 2 rings (SSSR count). The molecule has 6 heteroatoms. The topological polar surface area (TPSA) is 75.6 Å². The van der Waals surface area contributed by atoms with Crippen LogP contribution in [0.1, 0.15) is 24.0 Å². The van der Waals surface area contributed by atoms with Crippen molar-refractivity contribution in [2.75, 3.05) is 13.7 Å². The molecule has 0 spiro atoms. The average Bonchev–Trinajstić information content (AvgIpc) is 3.07. The Bertz CT molecular complexity index is 568. The van der Waals surface area contributed by atoms with Crippen molar-refractivity contribution in [2.45, 2.75) is 37.1 Å². The van der Waals surface area contributed by atoms with Gasteiger partial charge < -0.3 is 9.84 Å². The van der Waals surface area contributed by atoms with Gasteiger partial charge in [-0.1, -0.05) is 0 Å². The standard InChI is InChI=1S/C13H19NO4S/c1-9-6-11(18-3)7-10(2)12(9)19(16,17)14-13(8-15)4-5-13/h6-7,14-15H,4-5,8H2,1-3H3. The Morgan fingerprint density at radius 2 is 1.84 bits per heavy atom. The van der Waals surface area contributed by atoms with Crippen molar-refractivity contribution < 1.29 is 18.3 Å². The third-order valence-corrected chi connectivity index (χ3v) is 5.33. The van der Waals surface area contributed by atoms with E-state index in [0.29, 0.717) is 29.7 Å². The third kappa shape index (κ3) is 2.75. The summed E-state index contributed by atoms with van der Waals surface area (Å²) in [5, 5.41) is 9.24. The molecule has 0 saturated heterocycles. The number of hydrogen-bond acceptors (Lipinski definition) is 4. The molecular formula is C13H19NO4S. The predicted octanol–water partition coefficient (Wildman–Crippen LogP) is 1.12. The first kappa shape index (κ1) is 14.3. The maximum Gasteiger partial charge on any atom is 0.241 e. The van der Waals surface area contributed by atoms with Crippen molar-refractivity contribution in [3.63, 3.8) is 0 Å². The van der Waals surface area contributed by atoms with E-state index in [1.54, 1.807) is 33.1 Å². The Hall–Kier alpha value is -1.11. The Balaban J connectivity index is 2.41. The van der Waals surface area contributed by atoms with Crippen LogP contribution in [0.3, 0.4) is 0 Å². The first-order chi connectivity index (χ1) is 8.83. The number of aryl methyl sites for hydroxylation is 2. The number of benzene rings is 1. The minimum absolute atomic E-state index is 0.166. The van der Waals surface area contributed by atoms with Gasteiger partial charge in [0, 0.05) is 0 Å². The first-order valence-corrected chi connectivity index (χ1v) is 7.62. The van der Waals surface area contributed by atoms with Crippen LogP contribution >= 0.6 is 0 Å². The van der Waals surface area contributed by atoms with Crippen molar-refractivity contribution in [3.8, 4) is 5.75 Å². The number of nitrogens with one attached hydrogen (secondary N) is 1. The van der Waals surface area contributed by atoms with Crippen molar-refractivity contribution in [3.05, 3.63) is 23.3 Å². The minimum atomic E-state index is -3.62. The highest BCUT2D eigenvalue weighted by molar-refractivity contribution is 7.89. The van der Waals surface area contributed by atoms with Crippen LogP contribution in [0.25, 0.3) is 0 Å². The van der Waals surface area contributed by atoms with E-state index in [-0.39, 0.29) is 11.5 Å². The van der Waals surface area contributed by atoms with Crippen molar-refractivity contribution in [2.24, 2.45) is 0 Å². The van der Waals surface area contributed by atoms with Gasteiger partial charge in [0.15, 0.2) is 0 Å². The van der Waals surface area contributed by atoms with Gasteiger partial charge in [-0.25, -0.2) is 13.1 Å². The lowest BCUT2D eigenvalue weighted by Gasteiger charge is -2.18. The maximum absolute atomic E-state index is 12.4. The molecule has 0 amide bonds. The van der Waals surface area contributed by atoms with E-state index in [2.05, 4.69) is 4.72 Å². The molecule has 0 atom stereocenters. The zero-order chi connectivity index (χ0) is 14.3. The molecule has 0 heterocycles.